The fraction of sp³-hybridized carbons (Fsp3) is 0.533. The van der Waals surface area contributed by atoms with Gasteiger partial charge in [-0.1, -0.05) is 12.1 Å². The Kier molecular flexibility index (Phi) is 5.95. The fourth-order valence-corrected chi connectivity index (χ4v) is 2.12. The summed E-state index contributed by atoms with van der Waals surface area (Å²) in [6, 6.07) is 6.64. The molecule has 0 aliphatic carbocycles. The number of rotatable bonds is 8. The van der Waals surface area contributed by atoms with Gasteiger partial charge in [0.25, 0.3) is 0 Å². The Morgan fingerprint density at radius 1 is 1.45 bits per heavy atom. The molecule has 20 heavy (non-hydrogen) atoms. The number of carboxylic acids is 1. The molecule has 4 nitrogen and oxygen atoms in total. The number of carbonyl (C=O) groups is 1. The summed E-state index contributed by atoms with van der Waals surface area (Å²) in [4.78, 5) is 13.1. The summed E-state index contributed by atoms with van der Waals surface area (Å²) in [5.74, 6) is -1.11. The van der Waals surface area contributed by atoms with Gasteiger partial charge < -0.3 is 15.3 Å². The maximum Gasteiger partial charge on any atom is 0.323 e. The maximum absolute atomic E-state index is 13.7. The van der Waals surface area contributed by atoms with Gasteiger partial charge in [0, 0.05) is 13.1 Å². The van der Waals surface area contributed by atoms with Crippen molar-refractivity contribution in [3.63, 3.8) is 0 Å². The van der Waals surface area contributed by atoms with E-state index in [9.17, 15) is 14.3 Å². The molecule has 1 atom stereocenters. The van der Waals surface area contributed by atoms with Gasteiger partial charge in [-0.3, -0.25) is 4.79 Å². The summed E-state index contributed by atoms with van der Waals surface area (Å²) in [7, 11) is 1.64. The van der Waals surface area contributed by atoms with Gasteiger partial charge in [-0.25, -0.2) is 4.39 Å². The Morgan fingerprint density at radius 2 is 2.10 bits per heavy atom. The van der Waals surface area contributed by atoms with Gasteiger partial charge in [-0.05, 0) is 45.9 Å². The minimum Gasteiger partial charge on any atom is -0.480 e. The number of carboxylic acid groups (broad SMARTS) is 1. The van der Waals surface area contributed by atoms with Gasteiger partial charge >= 0.3 is 5.97 Å². The smallest absolute Gasteiger partial charge is 0.323 e. The van der Waals surface area contributed by atoms with E-state index in [2.05, 4.69) is 5.32 Å². The molecule has 2 N–H and O–H groups in total. The molecule has 0 aliphatic heterocycles. The van der Waals surface area contributed by atoms with Gasteiger partial charge in [-0.15, -0.1) is 0 Å². The predicted molar refractivity (Wildman–Crippen MR) is 78.6 cm³/mol. The van der Waals surface area contributed by atoms with Crippen LogP contribution < -0.4 is 10.2 Å². The van der Waals surface area contributed by atoms with E-state index in [0.717, 1.165) is 0 Å². The van der Waals surface area contributed by atoms with Gasteiger partial charge in [-0.2, -0.15) is 0 Å². The molecule has 0 heterocycles. The van der Waals surface area contributed by atoms with Crippen molar-refractivity contribution in [3.8, 4) is 0 Å². The van der Waals surface area contributed by atoms with Crippen molar-refractivity contribution in [2.75, 3.05) is 25.0 Å². The quantitative estimate of drug-likeness (QED) is 0.769. The first-order valence-electron chi connectivity index (χ1n) is 6.86. The molecule has 0 aromatic heterocycles. The highest BCUT2D eigenvalue weighted by Crippen LogP contribution is 2.20. The average Bonchev–Trinajstić information content (AvgIpc) is 2.44. The van der Waals surface area contributed by atoms with E-state index in [1.165, 1.54) is 6.07 Å². The number of para-hydroxylation sites is 1. The Morgan fingerprint density at radius 3 is 2.60 bits per heavy atom. The minimum absolute atomic E-state index is 0.246. The predicted octanol–water partition coefficient (Wildman–Crippen LogP) is 2.49. The number of benzene rings is 1. The summed E-state index contributed by atoms with van der Waals surface area (Å²) in [6.45, 7) is 4.93. The maximum atomic E-state index is 13.7. The van der Waals surface area contributed by atoms with E-state index in [0.29, 0.717) is 31.6 Å². The highest BCUT2D eigenvalue weighted by atomic mass is 19.1. The van der Waals surface area contributed by atoms with Gasteiger partial charge in [0.05, 0.1) is 5.69 Å². The van der Waals surface area contributed by atoms with Gasteiger partial charge in [0.2, 0.25) is 0 Å². The van der Waals surface area contributed by atoms with Crippen LogP contribution in [0.2, 0.25) is 0 Å². The zero-order chi connectivity index (χ0) is 15.2. The lowest BCUT2D eigenvalue weighted by Gasteiger charge is -2.27. The van der Waals surface area contributed by atoms with Crippen LogP contribution in [0.15, 0.2) is 24.3 Å². The Balaban J connectivity index is 2.63. The lowest BCUT2D eigenvalue weighted by atomic mass is 9.96. The van der Waals surface area contributed by atoms with Gasteiger partial charge in [0.1, 0.15) is 11.4 Å². The van der Waals surface area contributed by atoms with Crippen LogP contribution in [0.4, 0.5) is 10.1 Å². The van der Waals surface area contributed by atoms with E-state index < -0.39 is 11.5 Å². The third kappa shape index (κ3) is 3.93. The molecule has 0 saturated carbocycles. The van der Waals surface area contributed by atoms with Crippen LogP contribution in [0.3, 0.4) is 0 Å². The third-order valence-corrected chi connectivity index (χ3v) is 3.70. The summed E-state index contributed by atoms with van der Waals surface area (Å²) in [5, 5.41) is 12.0. The molecule has 0 fully saturated rings. The van der Waals surface area contributed by atoms with Gasteiger partial charge in [0.15, 0.2) is 0 Å². The SMILES string of the molecule is CCN(CCCC(C)(NC)C(=O)O)c1ccccc1F. The van der Waals surface area contributed by atoms with E-state index in [1.54, 1.807) is 32.2 Å². The zero-order valence-electron chi connectivity index (χ0n) is 12.3. The van der Waals surface area contributed by atoms with E-state index in [-0.39, 0.29) is 5.82 Å². The van der Waals surface area contributed by atoms with Crippen molar-refractivity contribution in [2.45, 2.75) is 32.2 Å². The zero-order valence-corrected chi connectivity index (χ0v) is 12.3. The molecule has 0 saturated heterocycles. The molecule has 0 bridgehead atoms. The first-order valence-corrected chi connectivity index (χ1v) is 6.86. The largest absolute Gasteiger partial charge is 0.480 e. The molecule has 5 heteroatoms. The van der Waals surface area contributed by atoms with Crippen molar-refractivity contribution < 1.29 is 14.3 Å². The number of nitrogens with one attached hydrogen (secondary N) is 1. The number of hydrogen-bond acceptors (Lipinski definition) is 3. The second kappa shape index (κ2) is 7.24. The van der Waals surface area contributed by atoms with Crippen LogP contribution >= 0.6 is 0 Å². The molecular formula is C15H23FN2O2. The normalized spacial score (nSPS) is 13.8. The average molecular weight is 282 g/mol. The Bertz CT molecular complexity index is 453. The number of halogens is 1. The molecule has 1 unspecified atom stereocenters. The standard InChI is InChI=1S/C15H23FN2O2/c1-4-18(13-9-6-5-8-12(13)16)11-7-10-15(2,17-3)14(19)20/h5-6,8-9,17H,4,7,10-11H2,1-3H3,(H,19,20). The molecule has 1 aromatic rings. The summed E-state index contributed by atoms with van der Waals surface area (Å²) in [6.07, 6.45) is 1.16. The number of hydrogen-bond donors (Lipinski definition) is 2. The number of aliphatic carboxylic acids is 1. The summed E-state index contributed by atoms with van der Waals surface area (Å²) >= 11 is 0. The third-order valence-electron chi connectivity index (χ3n) is 3.70. The first-order chi connectivity index (χ1) is 9.44. The van der Waals surface area contributed by atoms with Crippen LogP contribution in [-0.2, 0) is 4.79 Å². The van der Waals surface area contributed by atoms with Crippen LogP contribution in [0.1, 0.15) is 26.7 Å². The second-order valence-electron chi connectivity index (χ2n) is 5.02. The molecule has 0 spiro atoms. The highest BCUT2D eigenvalue weighted by Gasteiger charge is 2.30. The van der Waals surface area contributed by atoms with E-state index in [4.69, 9.17) is 0 Å². The minimum atomic E-state index is -0.936. The molecule has 1 rings (SSSR count). The van der Waals surface area contributed by atoms with Crippen LogP contribution in [0.5, 0.6) is 0 Å². The summed E-state index contributed by atoms with van der Waals surface area (Å²) in [5.41, 5.74) is -0.370. The van der Waals surface area contributed by atoms with E-state index in [1.807, 2.05) is 11.8 Å². The van der Waals surface area contributed by atoms with Crippen molar-refractivity contribution >= 4 is 11.7 Å². The monoisotopic (exact) mass is 282 g/mol. The molecule has 1 aromatic carbocycles. The van der Waals surface area contributed by atoms with Crippen molar-refractivity contribution in [3.05, 3.63) is 30.1 Å². The van der Waals surface area contributed by atoms with Crippen LogP contribution in [0.25, 0.3) is 0 Å². The Hall–Kier alpha value is -1.62. The fourth-order valence-electron chi connectivity index (χ4n) is 2.12. The highest BCUT2D eigenvalue weighted by molar-refractivity contribution is 5.78. The lowest BCUT2D eigenvalue weighted by molar-refractivity contribution is -0.144. The first kappa shape index (κ1) is 16.4. The molecule has 112 valence electrons. The van der Waals surface area contributed by atoms with Crippen molar-refractivity contribution in [1.29, 1.82) is 0 Å². The number of likely N-dealkylation sites (N-methyl/N-ethyl adjacent to an activating group) is 1. The molecule has 0 aliphatic rings. The van der Waals surface area contributed by atoms with Crippen molar-refractivity contribution in [2.24, 2.45) is 0 Å². The topological polar surface area (TPSA) is 52.6 Å². The number of anilines is 1. The lowest BCUT2D eigenvalue weighted by Crippen LogP contribution is -2.47. The van der Waals surface area contributed by atoms with Crippen molar-refractivity contribution in [1.82, 2.24) is 5.32 Å². The van der Waals surface area contributed by atoms with Crippen LogP contribution in [-0.4, -0.2) is 36.8 Å². The van der Waals surface area contributed by atoms with Crippen LogP contribution in [0, 0.1) is 5.82 Å². The Labute approximate surface area is 119 Å². The second-order valence-corrected chi connectivity index (χ2v) is 5.02. The molecule has 0 amide bonds. The number of nitrogens with zero attached hydrogens (tertiary/aromatic N) is 1. The summed E-state index contributed by atoms with van der Waals surface area (Å²) < 4.78 is 13.7. The molecule has 0 radical (unpaired) electrons. The molecular weight excluding hydrogens is 259 g/mol. The van der Waals surface area contributed by atoms with E-state index >= 15 is 0 Å².